The van der Waals surface area contributed by atoms with Crippen LogP contribution >= 0.6 is 11.6 Å². The Morgan fingerprint density at radius 3 is 2.60 bits per heavy atom. The van der Waals surface area contributed by atoms with Gasteiger partial charge in [-0.05, 0) is 30.7 Å². The summed E-state index contributed by atoms with van der Waals surface area (Å²) in [4.78, 5) is 15.0. The Morgan fingerprint density at radius 1 is 1.33 bits per heavy atom. The van der Waals surface area contributed by atoms with Crippen LogP contribution in [0.4, 0.5) is 0 Å². The second-order valence-corrected chi connectivity index (χ2v) is 3.48. The van der Waals surface area contributed by atoms with E-state index in [1.165, 1.54) is 0 Å². The fraction of sp³-hybridized carbons (Fsp3) is 0.0909. The van der Waals surface area contributed by atoms with Crippen molar-refractivity contribution < 1.29 is 4.79 Å². The number of hydrogen-bond donors (Lipinski definition) is 0. The van der Waals surface area contributed by atoms with Crippen molar-refractivity contribution in [3.8, 4) is 5.69 Å². The summed E-state index contributed by atoms with van der Waals surface area (Å²) in [5.74, 6) is 0. The number of para-hydroxylation sites is 1. The van der Waals surface area contributed by atoms with Crippen LogP contribution in [-0.4, -0.2) is 15.8 Å². The number of nitrogens with zero attached hydrogens (tertiary/aromatic N) is 2. The highest BCUT2D eigenvalue weighted by atomic mass is 35.5. The predicted molar refractivity (Wildman–Crippen MR) is 58.7 cm³/mol. The van der Waals surface area contributed by atoms with E-state index in [0.717, 1.165) is 12.0 Å². The van der Waals surface area contributed by atoms with Crippen molar-refractivity contribution in [2.75, 3.05) is 0 Å². The Labute approximate surface area is 92.3 Å². The van der Waals surface area contributed by atoms with Gasteiger partial charge >= 0.3 is 0 Å². The molecule has 0 N–H and O–H groups in total. The summed E-state index contributed by atoms with van der Waals surface area (Å²) in [6.07, 6.45) is 0.765. The molecule has 1 aromatic carbocycles. The summed E-state index contributed by atoms with van der Waals surface area (Å²) in [5.41, 5.74) is 1.97. The van der Waals surface area contributed by atoms with Gasteiger partial charge in [0.05, 0.1) is 5.69 Å². The Bertz CT molecular complexity index is 491. The lowest BCUT2D eigenvalue weighted by molar-refractivity contribution is 0.111. The summed E-state index contributed by atoms with van der Waals surface area (Å²) in [6.45, 7) is 1.76. The molecular formula is C11H9ClN2O. The highest BCUT2D eigenvalue weighted by Crippen LogP contribution is 2.20. The van der Waals surface area contributed by atoms with Gasteiger partial charge in [-0.3, -0.25) is 9.36 Å². The van der Waals surface area contributed by atoms with Crippen LogP contribution in [0.1, 0.15) is 16.2 Å². The van der Waals surface area contributed by atoms with Gasteiger partial charge in [-0.15, -0.1) is 0 Å². The topological polar surface area (TPSA) is 34.9 Å². The van der Waals surface area contributed by atoms with Crippen molar-refractivity contribution in [3.05, 3.63) is 47.0 Å². The van der Waals surface area contributed by atoms with Gasteiger partial charge < -0.3 is 0 Å². The maximum Gasteiger partial charge on any atom is 0.208 e. The Kier molecular flexibility index (Phi) is 2.56. The summed E-state index contributed by atoms with van der Waals surface area (Å²) < 4.78 is 1.63. The standard InChI is InChI=1S/C11H9ClN2O/c1-8-10(7-15)14(11(12)13-8)9-5-3-2-4-6-9/h2-7H,1H3. The average molecular weight is 221 g/mol. The zero-order valence-electron chi connectivity index (χ0n) is 8.14. The number of halogens is 1. The summed E-state index contributed by atoms with van der Waals surface area (Å²) in [7, 11) is 0. The van der Waals surface area contributed by atoms with E-state index in [0.29, 0.717) is 16.7 Å². The van der Waals surface area contributed by atoms with Gasteiger partial charge in [0.25, 0.3) is 0 Å². The number of carbonyl (C=O) groups is 1. The van der Waals surface area contributed by atoms with Crippen LogP contribution < -0.4 is 0 Å². The Hall–Kier alpha value is -1.61. The van der Waals surface area contributed by atoms with Gasteiger partial charge in [0.1, 0.15) is 5.69 Å². The molecule has 0 amide bonds. The number of benzene rings is 1. The van der Waals surface area contributed by atoms with Crippen LogP contribution in [-0.2, 0) is 0 Å². The number of carbonyl (C=O) groups excluding carboxylic acids is 1. The van der Waals surface area contributed by atoms with E-state index < -0.39 is 0 Å². The SMILES string of the molecule is Cc1nc(Cl)n(-c2ccccc2)c1C=O. The lowest BCUT2D eigenvalue weighted by atomic mass is 10.3. The van der Waals surface area contributed by atoms with E-state index >= 15 is 0 Å². The summed E-state index contributed by atoms with van der Waals surface area (Å²) in [5, 5.41) is 0.306. The minimum absolute atomic E-state index is 0.306. The molecule has 4 heteroatoms. The third-order valence-electron chi connectivity index (χ3n) is 2.18. The van der Waals surface area contributed by atoms with Crippen molar-refractivity contribution in [3.63, 3.8) is 0 Å². The average Bonchev–Trinajstić information content (AvgIpc) is 2.54. The van der Waals surface area contributed by atoms with Crippen molar-refractivity contribution in [2.45, 2.75) is 6.92 Å². The lowest BCUT2D eigenvalue weighted by Gasteiger charge is -2.04. The van der Waals surface area contributed by atoms with Crippen molar-refractivity contribution in [1.82, 2.24) is 9.55 Å². The summed E-state index contributed by atoms with van der Waals surface area (Å²) in [6, 6.07) is 9.42. The number of aldehydes is 1. The number of imidazole rings is 1. The molecule has 1 aromatic heterocycles. The van der Waals surface area contributed by atoms with Gasteiger partial charge in [0.2, 0.25) is 5.28 Å². The Balaban J connectivity index is 2.67. The minimum atomic E-state index is 0.306. The molecule has 2 rings (SSSR count). The van der Waals surface area contributed by atoms with Crippen LogP contribution in [0.2, 0.25) is 5.28 Å². The normalized spacial score (nSPS) is 10.3. The van der Waals surface area contributed by atoms with Crippen LogP contribution in [0.5, 0.6) is 0 Å². The quantitative estimate of drug-likeness (QED) is 0.730. The second-order valence-electron chi connectivity index (χ2n) is 3.14. The monoisotopic (exact) mass is 220 g/mol. The van der Waals surface area contributed by atoms with Crippen molar-refractivity contribution in [1.29, 1.82) is 0 Å². The maximum atomic E-state index is 10.9. The minimum Gasteiger partial charge on any atom is -0.296 e. The van der Waals surface area contributed by atoms with Gasteiger partial charge in [-0.1, -0.05) is 18.2 Å². The smallest absolute Gasteiger partial charge is 0.208 e. The first-order valence-electron chi connectivity index (χ1n) is 4.49. The largest absolute Gasteiger partial charge is 0.296 e. The molecule has 3 nitrogen and oxygen atoms in total. The third-order valence-corrected chi connectivity index (χ3v) is 2.44. The molecule has 0 bridgehead atoms. The predicted octanol–water partition coefficient (Wildman–Crippen LogP) is 2.65. The van der Waals surface area contributed by atoms with Crippen molar-refractivity contribution >= 4 is 17.9 Å². The Morgan fingerprint density at radius 2 is 2.00 bits per heavy atom. The molecule has 0 saturated carbocycles. The number of hydrogen-bond acceptors (Lipinski definition) is 2. The third kappa shape index (κ3) is 1.66. The molecule has 0 unspecified atom stereocenters. The fourth-order valence-electron chi connectivity index (χ4n) is 1.47. The van der Waals surface area contributed by atoms with Gasteiger partial charge in [-0.2, -0.15) is 0 Å². The molecule has 0 fully saturated rings. The number of aromatic nitrogens is 2. The van der Waals surface area contributed by atoms with Gasteiger partial charge in [0, 0.05) is 5.69 Å². The maximum absolute atomic E-state index is 10.9. The first-order valence-corrected chi connectivity index (χ1v) is 4.87. The molecular weight excluding hydrogens is 212 g/mol. The highest BCUT2D eigenvalue weighted by molar-refractivity contribution is 6.29. The van der Waals surface area contributed by atoms with Crippen LogP contribution in [0.25, 0.3) is 5.69 Å². The number of rotatable bonds is 2. The van der Waals surface area contributed by atoms with Crippen LogP contribution in [0, 0.1) is 6.92 Å². The molecule has 1 heterocycles. The fourth-order valence-corrected chi connectivity index (χ4v) is 1.78. The highest BCUT2D eigenvalue weighted by Gasteiger charge is 2.12. The van der Waals surface area contributed by atoms with E-state index in [4.69, 9.17) is 11.6 Å². The molecule has 76 valence electrons. The van der Waals surface area contributed by atoms with Gasteiger partial charge in [0.15, 0.2) is 6.29 Å². The first-order chi connectivity index (χ1) is 7.24. The molecule has 0 aliphatic carbocycles. The lowest BCUT2D eigenvalue weighted by Crippen LogP contribution is -1.99. The van der Waals surface area contributed by atoms with E-state index in [-0.39, 0.29) is 0 Å². The molecule has 0 radical (unpaired) electrons. The molecule has 0 aliphatic heterocycles. The zero-order chi connectivity index (χ0) is 10.8. The number of aryl methyl sites for hydroxylation is 1. The summed E-state index contributed by atoms with van der Waals surface area (Å²) >= 11 is 5.96. The molecule has 0 saturated heterocycles. The molecule has 2 aromatic rings. The van der Waals surface area contributed by atoms with E-state index in [1.54, 1.807) is 11.5 Å². The van der Waals surface area contributed by atoms with Gasteiger partial charge in [-0.25, -0.2) is 4.98 Å². The molecule has 0 aliphatic rings. The zero-order valence-corrected chi connectivity index (χ0v) is 8.90. The van der Waals surface area contributed by atoms with E-state index in [9.17, 15) is 4.79 Å². The van der Waals surface area contributed by atoms with E-state index in [1.807, 2.05) is 30.3 Å². The first kappa shape index (κ1) is 9.93. The van der Waals surface area contributed by atoms with Crippen LogP contribution in [0.15, 0.2) is 30.3 Å². The van der Waals surface area contributed by atoms with Crippen LogP contribution in [0.3, 0.4) is 0 Å². The second kappa shape index (κ2) is 3.87. The van der Waals surface area contributed by atoms with Crippen molar-refractivity contribution in [2.24, 2.45) is 0 Å². The molecule has 15 heavy (non-hydrogen) atoms. The molecule has 0 atom stereocenters. The van der Waals surface area contributed by atoms with E-state index in [2.05, 4.69) is 4.98 Å². The molecule has 0 spiro atoms.